The molecule has 0 aromatic heterocycles. The maximum Gasteiger partial charge on any atom is 0.296 e. The van der Waals surface area contributed by atoms with Gasteiger partial charge in [-0.15, -0.1) is 0 Å². The molecule has 16 heavy (non-hydrogen) atoms. The third kappa shape index (κ3) is 3.26. The number of oxime groups is 1. The summed E-state index contributed by atoms with van der Waals surface area (Å²) in [5.41, 5.74) is 5.68. The Morgan fingerprint density at radius 3 is 2.62 bits per heavy atom. The highest BCUT2D eigenvalue weighted by molar-refractivity contribution is 7.90. The zero-order valence-corrected chi connectivity index (χ0v) is 9.46. The molecule has 7 nitrogen and oxygen atoms in total. The molecule has 0 aliphatic heterocycles. The quantitative estimate of drug-likeness (QED) is 0.266. The minimum Gasteiger partial charge on any atom is -0.409 e. The fourth-order valence-electron chi connectivity index (χ4n) is 0.974. The van der Waals surface area contributed by atoms with E-state index in [0.29, 0.717) is 5.56 Å². The molecule has 6 N–H and O–H groups in total. The molecule has 1 rings (SSSR count). The van der Waals surface area contributed by atoms with E-state index in [2.05, 4.69) is 5.16 Å². The highest BCUT2D eigenvalue weighted by Crippen LogP contribution is 2.23. The molecule has 0 unspecified atom stereocenters. The number of hydrogen-bond acceptors (Lipinski definition) is 4. The lowest BCUT2D eigenvalue weighted by Crippen LogP contribution is -2.22. The maximum atomic E-state index is 10.8. The van der Waals surface area contributed by atoms with Gasteiger partial charge in [-0.3, -0.25) is 4.72 Å². The Morgan fingerprint density at radius 2 is 2.12 bits per heavy atom. The van der Waals surface area contributed by atoms with Gasteiger partial charge in [0.2, 0.25) is 0 Å². The number of nitrogens with one attached hydrogen (secondary N) is 1. The lowest BCUT2D eigenvalue weighted by Gasteiger charge is -2.07. The largest absolute Gasteiger partial charge is 0.409 e. The predicted octanol–water partition coefficient (Wildman–Crippen LogP) is 0.0499. The van der Waals surface area contributed by atoms with Crippen LogP contribution in [0.1, 0.15) is 5.56 Å². The Labute approximate surface area is 96.9 Å². The molecule has 0 aliphatic carbocycles. The molecule has 0 radical (unpaired) electrons. The second-order valence-corrected chi connectivity index (χ2v) is 4.53. The molecule has 1 aromatic rings. The van der Waals surface area contributed by atoms with Crippen LogP contribution in [-0.4, -0.2) is 19.5 Å². The van der Waals surface area contributed by atoms with E-state index in [1.165, 1.54) is 18.2 Å². The van der Waals surface area contributed by atoms with Crippen LogP contribution in [0.5, 0.6) is 0 Å². The van der Waals surface area contributed by atoms with Gasteiger partial charge in [0, 0.05) is 5.56 Å². The fourth-order valence-corrected chi connectivity index (χ4v) is 1.67. The van der Waals surface area contributed by atoms with Crippen molar-refractivity contribution in [1.29, 1.82) is 0 Å². The van der Waals surface area contributed by atoms with Crippen molar-refractivity contribution >= 4 is 33.3 Å². The van der Waals surface area contributed by atoms with E-state index in [9.17, 15) is 8.42 Å². The molecular formula is C7H9ClN4O3S. The molecule has 0 heterocycles. The summed E-state index contributed by atoms with van der Waals surface area (Å²) in [5.74, 6) is -0.172. The van der Waals surface area contributed by atoms with Gasteiger partial charge < -0.3 is 10.9 Å². The first-order valence-corrected chi connectivity index (χ1v) is 5.84. The summed E-state index contributed by atoms with van der Waals surface area (Å²) in [6, 6.07) is 4.15. The third-order valence-electron chi connectivity index (χ3n) is 1.62. The first-order valence-electron chi connectivity index (χ1n) is 3.91. The lowest BCUT2D eigenvalue weighted by molar-refractivity contribution is 0.318. The van der Waals surface area contributed by atoms with Gasteiger partial charge in [0.05, 0.1) is 10.7 Å². The number of nitrogens with zero attached hydrogens (tertiary/aromatic N) is 1. The molecule has 0 spiro atoms. The maximum absolute atomic E-state index is 10.8. The molecule has 0 amide bonds. The summed E-state index contributed by atoms with van der Waals surface area (Å²) >= 11 is 5.72. The van der Waals surface area contributed by atoms with Crippen molar-refractivity contribution in [2.75, 3.05) is 4.72 Å². The van der Waals surface area contributed by atoms with E-state index in [1.807, 2.05) is 4.72 Å². The first-order chi connectivity index (χ1) is 7.33. The van der Waals surface area contributed by atoms with E-state index in [0.717, 1.165) is 0 Å². The molecule has 0 atom stereocenters. The van der Waals surface area contributed by atoms with Crippen molar-refractivity contribution in [3.8, 4) is 0 Å². The van der Waals surface area contributed by atoms with Crippen molar-refractivity contribution in [3.63, 3.8) is 0 Å². The average Bonchev–Trinajstić information content (AvgIpc) is 2.18. The second-order valence-electron chi connectivity index (χ2n) is 2.83. The van der Waals surface area contributed by atoms with Gasteiger partial charge in [-0.1, -0.05) is 16.8 Å². The van der Waals surface area contributed by atoms with Crippen LogP contribution in [0.25, 0.3) is 0 Å². The van der Waals surface area contributed by atoms with Crippen molar-refractivity contribution in [2.45, 2.75) is 0 Å². The van der Waals surface area contributed by atoms with Gasteiger partial charge in [0.25, 0.3) is 10.2 Å². The highest BCUT2D eigenvalue weighted by atomic mass is 35.5. The zero-order chi connectivity index (χ0) is 12.3. The molecule has 0 saturated carbocycles. The van der Waals surface area contributed by atoms with Crippen molar-refractivity contribution in [2.24, 2.45) is 16.0 Å². The Bertz CT molecular complexity index is 528. The van der Waals surface area contributed by atoms with Crippen LogP contribution < -0.4 is 15.6 Å². The standard InChI is InChI=1S/C7H9ClN4O3S/c8-5-2-1-4(7(9)11-13)3-6(5)12-16(10,14)15/h1-3,12-13H,(H2,9,11)(H2,10,14,15). The van der Waals surface area contributed by atoms with Crippen LogP contribution in [0.15, 0.2) is 23.4 Å². The van der Waals surface area contributed by atoms with E-state index in [1.54, 1.807) is 0 Å². The number of anilines is 1. The third-order valence-corrected chi connectivity index (χ3v) is 2.46. The van der Waals surface area contributed by atoms with Crippen LogP contribution in [0.4, 0.5) is 5.69 Å². The first kappa shape index (κ1) is 12.6. The molecule has 0 aliphatic rings. The van der Waals surface area contributed by atoms with Crippen LogP contribution in [0.2, 0.25) is 5.02 Å². The van der Waals surface area contributed by atoms with Gasteiger partial charge in [-0.2, -0.15) is 8.42 Å². The molecule has 0 fully saturated rings. The van der Waals surface area contributed by atoms with E-state index >= 15 is 0 Å². The number of amidine groups is 1. The van der Waals surface area contributed by atoms with Gasteiger partial charge >= 0.3 is 0 Å². The summed E-state index contributed by atoms with van der Waals surface area (Å²) in [6.07, 6.45) is 0. The number of hydrogen-bond donors (Lipinski definition) is 4. The lowest BCUT2D eigenvalue weighted by atomic mass is 10.2. The summed E-state index contributed by atoms with van der Waals surface area (Å²) in [6.45, 7) is 0. The van der Waals surface area contributed by atoms with E-state index in [4.69, 9.17) is 27.7 Å². The van der Waals surface area contributed by atoms with Crippen molar-refractivity contribution in [3.05, 3.63) is 28.8 Å². The molecule has 9 heteroatoms. The van der Waals surface area contributed by atoms with Crippen molar-refractivity contribution < 1.29 is 13.6 Å². The van der Waals surface area contributed by atoms with E-state index in [-0.39, 0.29) is 16.5 Å². The molecule has 88 valence electrons. The van der Waals surface area contributed by atoms with E-state index < -0.39 is 10.2 Å². The summed E-state index contributed by atoms with van der Waals surface area (Å²) < 4.78 is 23.6. The molecular weight excluding hydrogens is 256 g/mol. The van der Waals surface area contributed by atoms with Gasteiger partial charge in [-0.25, -0.2) is 5.14 Å². The zero-order valence-electron chi connectivity index (χ0n) is 7.88. The van der Waals surface area contributed by atoms with Gasteiger partial charge in [0.15, 0.2) is 5.84 Å². The van der Waals surface area contributed by atoms with Crippen LogP contribution in [-0.2, 0) is 10.2 Å². The minimum absolute atomic E-state index is 0.0493. The van der Waals surface area contributed by atoms with Crippen LogP contribution in [0, 0.1) is 0 Å². The molecule has 1 aromatic carbocycles. The monoisotopic (exact) mass is 264 g/mol. The molecule has 0 bridgehead atoms. The number of benzene rings is 1. The Balaban J connectivity index is 3.19. The van der Waals surface area contributed by atoms with Crippen molar-refractivity contribution in [1.82, 2.24) is 0 Å². The Kier molecular flexibility index (Phi) is 3.58. The number of nitrogens with two attached hydrogens (primary N) is 2. The fraction of sp³-hybridized carbons (Fsp3) is 0. The predicted molar refractivity (Wildman–Crippen MR) is 60.7 cm³/mol. The van der Waals surface area contributed by atoms with Crippen LogP contribution >= 0.6 is 11.6 Å². The summed E-state index contributed by atoms with van der Waals surface area (Å²) in [7, 11) is -3.93. The topological polar surface area (TPSA) is 131 Å². The molecule has 0 saturated heterocycles. The smallest absolute Gasteiger partial charge is 0.296 e. The van der Waals surface area contributed by atoms with Gasteiger partial charge in [-0.05, 0) is 18.2 Å². The van der Waals surface area contributed by atoms with Crippen LogP contribution in [0.3, 0.4) is 0 Å². The number of halogens is 1. The summed E-state index contributed by atoms with van der Waals surface area (Å²) in [4.78, 5) is 0. The Morgan fingerprint density at radius 1 is 1.50 bits per heavy atom. The SMILES string of the molecule is N/C(=N/O)c1ccc(Cl)c(NS(N)(=O)=O)c1. The highest BCUT2D eigenvalue weighted by Gasteiger charge is 2.09. The Hall–Kier alpha value is -1.51. The van der Waals surface area contributed by atoms with Gasteiger partial charge in [0.1, 0.15) is 0 Å². The minimum atomic E-state index is -3.93. The number of rotatable bonds is 3. The normalized spacial score (nSPS) is 12.5. The summed E-state index contributed by atoms with van der Waals surface area (Å²) in [5, 5.41) is 16.1. The second kappa shape index (κ2) is 4.56. The average molecular weight is 265 g/mol.